The van der Waals surface area contributed by atoms with Gasteiger partial charge in [-0.2, -0.15) is 0 Å². The third-order valence-electron chi connectivity index (χ3n) is 3.27. The number of nitrogens with two attached hydrogens (primary N) is 1. The van der Waals surface area contributed by atoms with Crippen molar-refractivity contribution in [3.8, 4) is 0 Å². The maximum Gasteiger partial charge on any atom is 0.253 e. The summed E-state index contributed by atoms with van der Waals surface area (Å²) in [5, 5.41) is 2.09. The van der Waals surface area contributed by atoms with Crippen LogP contribution in [0.5, 0.6) is 0 Å². The Labute approximate surface area is 118 Å². The fourth-order valence-electron chi connectivity index (χ4n) is 2.04. The number of nitrogens with zero attached hydrogens (tertiary/aromatic N) is 1. The Bertz CT molecular complexity index is 545. The molecule has 0 bridgehead atoms. The van der Waals surface area contributed by atoms with Crippen LogP contribution >= 0.6 is 11.6 Å². The molecule has 3 N–H and O–H groups in total. The lowest BCUT2D eigenvalue weighted by atomic mass is 10.2. The zero-order valence-electron chi connectivity index (χ0n) is 10.8. The lowest BCUT2D eigenvalue weighted by Crippen LogP contribution is -2.44. The first-order valence-corrected chi connectivity index (χ1v) is 8.09. The lowest BCUT2D eigenvalue weighted by molar-refractivity contribution is 0.200. The Morgan fingerprint density at radius 1 is 1.26 bits per heavy atom. The van der Waals surface area contributed by atoms with E-state index >= 15 is 0 Å². The van der Waals surface area contributed by atoms with Crippen molar-refractivity contribution in [1.29, 1.82) is 0 Å². The van der Waals surface area contributed by atoms with E-state index in [9.17, 15) is 8.42 Å². The average Bonchev–Trinajstić information content (AvgIpc) is 2.36. The number of nitrogen functional groups attached to an aromatic ring is 1. The highest BCUT2D eigenvalue weighted by molar-refractivity contribution is 7.89. The number of piperidine rings is 1. The SMILES string of the molecule is Cc1c(N)cc(S(=O)(=O)NN2CCCCC2)cc1Cl. The first-order valence-electron chi connectivity index (χ1n) is 6.23. The van der Waals surface area contributed by atoms with Crippen molar-refractivity contribution in [2.24, 2.45) is 0 Å². The molecule has 0 saturated carbocycles. The van der Waals surface area contributed by atoms with Crippen LogP contribution in [-0.2, 0) is 10.0 Å². The molecule has 0 amide bonds. The number of hydrogen-bond donors (Lipinski definition) is 2. The molecule has 0 aromatic heterocycles. The molecule has 1 aromatic carbocycles. The van der Waals surface area contributed by atoms with Gasteiger partial charge in [0.25, 0.3) is 10.0 Å². The van der Waals surface area contributed by atoms with Gasteiger partial charge in [-0.3, -0.25) is 0 Å². The van der Waals surface area contributed by atoms with Crippen molar-refractivity contribution in [3.05, 3.63) is 22.7 Å². The number of rotatable bonds is 3. The molecule has 7 heteroatoms. The van der Waals surface area contributed by atoms with E-state index in [0.717, 1.165) is 32.4 Å². The molecule has 0 radical (unpaired) electrons. The maximum absolute atomic E-state index is 12.2. The van der Waals surface area contributed by atoms with E-state index in [1.54, 1.807) is 11.9 Å². The van der Waals surface area contributed by atoms with Crippen LogP contribution in [0.1, 0.15) is 24.8 Å². The minimum absolute atomic E-state index is 0.103. The number of anilines is 1. The Hall–Kier alpha value is -0.820. The van der Waals surface area contributed by atoms with Crippen LogP contribution < -0.4 is 10.6 Å². The minimum atomic E-state index is -3.61. The van der Waals surface area contributed by atoms with Gasteiger partial charge in [0.05, 0.1) is 4.90 Å². The fourth-order valence-corrected chi connectivity index (χ4v) is 3.51. The standard InChI is InChI=1S/C12H18ClN3O2S/c1-9-11(13)7-10(8-12(9)14)19(17,18)15-16-5-3-2-4-6-16/h7-8,15H,2-6,14H2,1H3. The van der Waals surface area contributed by atoms with E-state index in [-0.39, 0.29) is 4.90 Å². The monoisotopic (exact) mass is 303 g/mol. The highest BCUT2D eigenvalue weighted by atomic mass is 35.5. The van der Waals surface area contributed by atoms with E-state index in [0.29, 0.717) is 16.3 Å². The van der Waals surface area contributed by atoms with Crippen LogP contribution in [0.4, 0.5) is 5.69 Å². The molecule has 106 valence electrons. The molecule has 1 fully saturated rings. The predicted molar refractivity (Wildman–Crippen MR) is 76.3 cm³/mol. The largest absolute Gasteiger partial charge is 0.398 e. The molecule has 1 aromatic rings. The molecule has 0 unspecified atom stereocenters. The summed E-state index contributed by atoms with van der Waals surface area (Å²) in [5.41, 5.74) is 6.84. The molecular formula is C12H18ClN3O2S. The van der Waals surface area contributed by atoms with E-state index in [1.807, 2.05) is 0 Å². The zero-order chi connectivity index (χ0) is 14.0. The summed E-state index contributed by atoms with van der Waals surface area (Å²) >= 11 is 5.98. The Morgan fingerprint density at radius 2 is 1.89 bits per heavy atom. The maximum atomic E-state index is 12.2. The highest BCUT2D eigenvalue weighted by Gasteiger charge is 2.21. The van der Waals surface area contributed by atoms with Gasteiger partial charge in [0, 0.05) is 23.8 Å². The summed E-state index contributed by atoms with van der Waals surface area (Å²) in [4.78, 5) is 2.68. The van der Waals surface area contributed by atoms with Crippen LogP contribution in [0.15, 0.2) is 17.0 Å². The van der Waals surface area contributed by atoms with Gasteiger partial charge in [-0.25, -0.2) is 13.4 Å². The number of hydrogen-bond acceptors (Lipinski definition) is 4. The van der Waals surface area contributed by atoms with Gasteiger partial charge in [-0.1, -0.05) is 18.0 Å². The van der Waals surface area contributed by atoms with Crippen molar-refractivity contribution in [2.45, 2.75) is 31.1 Å². The Balaban J connectivity index is 2.24. The summed E-state index contributed by atoms with van der Waals surface area (Å²) in [6.45, 7) is 3.22. The predicted octanol–water partition coefficient (Wildman–Crippen LogP) is 1.91. The van der Waals surface area contributed by atoms with E-state index in [2.05, 4.69) is 4.83 Å². The first kappa shape index (κ1) is 14.6. The Kier molecular flexibility index (Phi) is 4.35. The van der Waals surface area contributed by atoms with Gasteiger partial charge in [0.1, 0.15) is 0 Å². The zero-order valence-corrected chi connectivity index (χ0v) is 12.4. The van der Waals surface area contributed by atoms with Crippen molar-refractivity contribution in [2.75, 3.05) is 18.8 Å². The number of benzene rings is 1. The fraction of sp³-hybridized carbons (Fsp3) is 0.500. The average molecular weight is 304 g/mol. The molecule has 1 saturated heterocycles. The smallest absolute Gasteiger partial charge is 0.253 e. The molecule has 2 rings (SSSR count). The number of halogens is 1. The summed E-state index contributed by atoms with van der Waals surface area (Å²) < 4.78 is 24.5. The Morgan fingerprint density at radius 3 is 2.47 bits per heavy atom. The van der Waals surface area contributed by atoms with Crippen LogP contribution in [0.25, 0.3) is 0 Å². The highest BCUT2D eigenvalue weighted by Crippen LogP contribution is 2.26. The van der Waals surface area contributed by atoms with Crippen molar-refractivity contribution in [1.82, 2.24) is 9.84 Å². The second-order valence-corrected chi connectivity index (χ2v) is 6.83. The second kappa shape index (κ2) is 5.66. The van der Waals surface area contributed by atoms with E-state index in [4.69, 9.17) is 17.3 Å². The molecular weight excluding hydrogens is 286 g/mol. The van der Waals surface area contributed by atoms with Gasteiger partial charge in [0.2, 0.25) is 0 Å². The first-order chi connectivity index (χ1) is 8.90. The summed E-state index contributed by atoms with van der Waals surface area (Å²) in [7, 11) is -3.61. The summed E-state index contributed by atoms with van der Waals surface area (Å²) in [6, 6.07) is 2.87. The third kappa shape index (κ3) is 3.39. The van der Waals surface area contributed by atoms with Crippen LogP contribution in [0.3, 0.4) is 0 Å². The van der Waals surface area contributed by atoms with Crippen LogP contribution in [-0.4, -0.2) is 26.5 Å². The van der Waals surface area contributed by atoms with Gasteiger partial charge in [-0.15, -0.1) is 4.83 Å². The number of hydrazine groups is 1. The molecule has 1 heterocycles. The quantitative estimate of drug-likeness (QED) is 0.836. The van der Waals surface area contributed by atoms with Crippen molar-refractivity contribution >= 4 is 27.3 Å². The molecule has 19 heavy (non-hydrogen) atoms. The minimum Gasteiger partial charge on any atom is -0.398 e. The molecule has 0 aliphatic carbocycles. The van der Waals surface area contributed by atoms with Crippen molar-refractivity contribution in [3.63, 3.8) is 0 Å². The summed E-state index contributed by atoms with van der Waals surface area (Å²) in [6.07, 6.45) is 3.14. The third-order valence-corrected chi connectivity index (χ3v) is 5.02. The molecule has 1 aliphatic rings. The molecule has 0 atom stereocenters. The number of sulfonamides is 1. The van der Waals surface area contributed by atoms with Crippen LogP contribution in [0, 0.1) is 6.92 Å². The number of nitrogens with one attached hydrogen (secondary N) is 1. The van der Waals surface area contributed by atoms with Gasteiger partial charge in [-0.05, 0) is 37.5 Å². The van der Waals surface area contributed by atoms with Crippen LogP contribution in [0.2, 0.25) is 5.02 Å². The van der Waals surface area contributed by atoms with Gasteiger partial charge >= 0.3 is 0 Å². The molecule has 5 nitrogen and oxygen atoms in total. The van der Waals surface area contributed by atoms with E-state index in [1.165, 1.54) is 12.1 Å². The van der Waals surface area contributed by atoms with Gasteiger partial charge < -0.3 is 5.73 Å². The lowest BCUT2D eigenvalue weighted by Gasteiger charge is -2.26. The topological polar surface area (TPSA) is 75.4 Å². The summed E-state index contributed by atoms with van der Waals surface area (Å²) in [5.74, 6) is 0. The van der Waals surface area contributed by atoms with Crippen molar-refractivity contribution < 1.29 is 8.42 Å². The normalized spacial score (nSPS) is 17.6. The molecule has 0 spiro atoms. The van der Waals surface area contributed by atoms with Gasteiger partial charge in [0.15, 0.2) is 0 Å². The second-order valence-electron chi connectivity index (χ2n) is 4.76. The van der Waals surface area contributed by atoms with E-state index < -0.39 is 10.0 Å². The molecule has 1 aliphatic heterocycles.